The summed E-state index contributed by atoms with van der Waals surface area (Å²) in [6, 6.07) is 1.44. The molecule has 0 unspecified atom stereocenters. The predicted octanol–water partition coefficient (Wildman–Crippen LogP) is 2.60. The summed E-state index contributed by atoms with van der Waals surface area (Å²) in [5.74, 6) is -1.75. The van der Waals surface area contributed by atoms with Gasteiger partial charge in [0.2, 0.25) is 11.6 Å². The van der Waals surface area contributed by atoms with Crippen molar-refractivity contribution in [3.05, 3.63) is 28.3 Å². The van der Waals surface area contributed by atoms with Gasteiger partial charge in [-0.15, -0.1) is 0 Å². The molecule has 0 aliphatic heterocycles. The van der Waals surface area contributed by atoms with Gasteiger partial charge in [0, 0.05) is 11.1 Å². The molecule has 0 spiro atoms. The minimum absolute atomic E-state index is 0.00204. The molecule has 0 bridgehead atoms. The van der Waals surface area contributed by atoms with E-state index in [2.05, 4.69) is 0 Å². The molecule has 0 saturated heterocycles. The van der Waals surface area contributed by atoms with Crippen LogP contribution in [0.5, 0.6) is 11.5 Å². The van der Waals surface area contributed by atoms with Crippen LogP contribution in [0.15, 0.2) is 11.6 Å². The van der Waals surface area contributed by atoms with Crippen LogP contribution in [0.25, 0.3) is 5.57 Å². The van der Waals surface area contributed by atoms with E-state index in [1.165, 1.54) is 13.0 Å². The first-order chi connectivity index (χ1) is 8.77. The van der Waals surface area contributed by atoms with Crippen LogP contribution in [0.3, 0.4) is 0 Å². The highest BCUT2D eigenvalue weighted by Crippen LogP contribution is 2.41. The summed E-state index contributed by atoms with van der Waals surface area (Å²) in [6.07, 6.45) is 0. The first kappa shape index (κ1) is 13.3. The van der Waals surface area contributed by atoms with Crippen molar-refractivity contribution in [1.29, 1.82) is 0 Å². The van der Waals surface area contributed by atoms with Crippen molar-refractivity contribution < 1.29 is 19.8 Å². The number of ketones is 2. The Labute approximate surface area is 111 Å². The van der Waals surface area contributed by atoms with Gasteiger partial charge in [-0.1, -0.05) is 13.8 Å². The van der Waals surface area contributed by atoms with E-state index < -0.39 is 11.6 Å². The number of rotatable bonds is 1. The lowest BCUT2D eigenvalue weighted by atomic mass is 9.79. The van der Waals surface area contributed by atoms with Crippen molar-refractivity contribution in [2.75, 3.05) is 0 Å². The molecule has 100 valence electrons. The first-order valence-electron chi connectivity index (χ1n) is 6.13. The third kappa shape index (κ3) is 1.75. The molecule has 2 N–H and O–H groups in total. The number of phenols is 2. The summed E-state index contributed by atoms with van der Waals surface area (Å²) in [7, 11) is 0. The molecule has 0 atom stereocenters. The van der Waals surface area contributed by atoms with E-state index in [4.69, 9.17) is 0 Å². The van der Waals surface area contributed by atoms with E-state index in [0.29, 0.717) is 16.7 Å². The molecule has 2 rings (SSSR count). The lowest BCUT2D eigenvalue weighted by Gasteiger charge is -2.23. The maximum Gasteiger partial charge on any atom is 0.237 e. The number of Topliss-reactive ketones (excluding diaryl/α,β-unsaturated/α-hetero) is 2. The van der Waals surface area contributed by atoms with Crippen molar-refractivity contribution in [2.45, 2.75) is 27.7 Å². The molecule has 4 heteroatoms. The third-order valence-corrected chi connectivity index (χ3v) is 3.59. The number of allylic oxidation sites excluding steroid dienone is 2. The Morgan fingerprint density at radius 1 is 1.05 bits per heavy atom. The molecule has 4 nitrogen and oxygen atoms in total. The van der Waals surface area contributed by atoms with Gasteiger partial charge in [-0.05, 0) is 37.0 Å². The van der Waals surface area contributed by atoms with Crippen molar-refractivity contribution in [3.63, 3.8) is 0 Å². The standard InChI is InChI=1S/C15H16O4/c1-6(2)11-7(3)9-5-10(16)8(4)13(17)12(9)15(19)14(11)18/h5-6,16-17H,1-4H3. The highest BCUT2D eigenvalue weighted by Gasteiger charge is 2.35. The topological polar surface area (TPSA) is 74.6 Å². The summed E-state index contributed by atoms with van der Waals surface area (Å²) in [6.45, 7) is 6.90. The summed E-state index contributed by atoms with van der Waals surface area (Å²) in [5, 5.41) is 19.8. The number of carbonyl (C=O) groups is 2. The summed E-state index contributed by atoms with van der Waals surface area (Å²) in [4.78, 5) is 24.2. The molecular formula is C15H16O4. The molecule has 1 aliphatic carbocycles. The van der Waals surface area contributed by atoms with Crippen molar-refractivity contribution in [2.24, 2.45) is 5.92 Å². The molecule has 0 heterocycles. The van der Waals surface area contributed by atoms with E-state index in [9.17, 15) is 19.8 Å². The van der Waals surface area contributed by atoms with Gasteiger partial charge in [0.15, 0.2) is 0 Å². The molecule has 19 heavy (non-hydrogen) atoms. The summed E-state index contributed by atoms with van der Waals surface area (Å²) >= 11 is 0. The first-order valence-corrected chi connectivity index (χ1v) is 6.13. The van der Waals surface area contributed by atoms with Gasteiger partial charge in [0.05, 0.1) is 5.56 Å². The normalized spacial score (nSPS) is 15.2. The van der Waals surface area contributed by atoms with Gasteiger partial charge in [0.25, 0.3) is 0 Å². The Hall–Kier alpha value is -2.10. The third-order valence-electron chi connectivity index (χ3n) is 3.59. The molecule has 1 aromatic rings. The minimum Gasteiger partial charge on any atom is -0.508 e. The number of fused-ring (bicyclic) bond motifs is 1. The van der Waals surface area contributed by atoms with Crippen LogP contribution in [0.2, 0.25) is 0 Å². The van der Waals surface area contributed by atoms with Gasteiger partial charge < -0.3 is 10.2 Å². The second-order valence-corrected chi connectivity index (χ2v) is 5.14. The highest BCUT2D eigenvalue weighted by molar-refractivity contribution is 6.53. The zero-order chi connectivity index (χ0) is 14.5. The minimum atomic E-state index is -0.704. The van der Waals surface area contributed by atoms with Gasteiger partial charge in [-0.25, -0.2) is 0 Å². The molecule has 0 fully saturated rings. The average molecular weight is 260 g/mol. The molecular weight excluding hydrogens is 244 g/mol. The molecule has 0 amide bonds. The maximum absolute atomic E-state index is 12.1. The Morgan fingerprint density at radius 3 is 2.16 bits per heavy atom. The lowest BCUT2D eigenvalue weighted by Crippen LogP contribution is -2.26. The lowest BCUT2D eigenvalue weighted by molar-refractivity contribution is -0.112. The zero-order valence-corrected chi connectivity index (χ0v) is 11.4. The SMILES string of the molecule is CC1=C(C(C)C)C(=O)C(=O)c2c1cc(O)c(C)c2O. The smallest absolute Gasteiger partial charge is 0.237 e. The van der Waals surface area contributed by atoms with Crippen molar-refractivity contribution in [1.82, 2.24) is 0 Å². The zero-order valence-electron chi connectivity index (χ0n) is 11.4. The largest absolute Gasteiger partial charge is 0.508 e. The fraction of sp³-hybridized carbons (Fsp3) is 0.333. The number of hydrogen-bond donors (Lipinski definition) is 2. The van der Waals surface area contributed by atoms with E-state index in [1.807, 2.05) is 13.8 Å². The fourth-order valence-electron chi connectivity index (χ4n) is 2.53. The van der Waals surface area contributed by atoms with Crippen LogP contribution < -0.4 is 0 Å². The van der Waals surface area contributed by atoms with Crippen LogP contribution in [0, 0.1) is 12.8 Å². The number of hydrogen-bond acceptors (Lipinski definition) is 4. The number of carbonyl (C=O) groups excluding carboxylic acids is 2. The van der Waals surface area contributed by atoms with E-state index >= 15 is 0 Å². The average Bonchev–Trinajstić information content (AvgIpc) is 2.32. The molecule has 0 aromatic heterocycles. The maximum atomic E-state index is 12.1. The van der Waals surface area contributed by atoms with Crippen LogP contribution in [0.1, 0.15) is 42.3 Å². The Bertz CT molecular complexity index is 636. The number of benzene rings is 1. The molecule has 1 aromatic carbocycles. The summed E-state index contributed by atoms with van der Waals surface area (Å²) < 4.78 is 0. The second-order valence-electron chi connectivity index (χ2n) is 5.14. The van der Waals surface area contributed by atoms with Crippen LogP contribution in [-0.4, -0.2) is 21.8 Å². The Kier molecular flexibility index (Phi) is 2.97. The van der Waals surface area contributed by atoms with Crippen LogP contribution in [-0.2, 0) is 4.79 Å². The summed E-state index contributed by atoms with van der Waals surface area (Å²) in [5.41, 5.74) is 1.73. The van der Waals surface area contributed by atoms with E-state index in [0.717, 1.165) is 0 Å². The van der Waals surface area contributed by atoms with Gasteiger partial charge in [-0.2, -0.15) is 0 Å². The highest BCUT2D eigenvalue weighted by atomic mass is 16.3. The number of phenolic OH excluding ortho intramolecular Hbond substituents is 2. The Balaban J connectivity index is 2.88. The van der Waals surface area contributed by atoms with Crippen molar-refractivity contribution >= 4 is 17.1 Å². The van der Waals surface area contributed by atoms with Gasteiger partial charge >= 0.3 is 0 Å². The quantitative estimate of drug-likeness (QED) is 0.761. The number of aromatic hydroxyl groups is 2. The van der Waals surface area contributed by atoms with E-state index in [-0.39, 0.29) is 28.5 Å². The van der Waals surface area contributed by atoms with Crippen molar-refractivity contribution in [3.8, 4) is 11.5 Å². The molecule has 0 saturated carbocycles. The second kappa shape index (κ2) is 4.23. The molecule has 1 aliphatic rings. The van der Waals surface area contributed by atoms with Crippen LogP contribution >= 0.6 is 0 Å². The monoisotopic (exact) mass is 260 g/mol. The van der Waals surface area contributed by atoms with Crippen LogP contribution in [0.4, 0.5) is 0 Å². The predicted molar refractivity (Wildman–Crippen MR) is 71.3 cm³/mol. The fourth-order valence-corrected chi connectivity index (χ4v) is 2.53. The van der Waals surface area contributed by atoms with Gasteiger partial charge in [0.1, 0.15) is 11.5 Å². The van der Waals surface area contributed by atoms with E-state index in [1.54, 1.807) is 6.92 Å². The molecule has 0 radical (unpaired) electrons. The Morgan fingerprint density at radius 2 is 1.63 bits per heavy atom. The van der Waals surface area contributed by atoms with Gasteiger partial charge in [-0.3, -0.25) is 9.59 Å².